The second-order valence-corrected chi connectivity index (χ2v) is 5.77. The van der Waals surface area contributed by atoms with Gasteiger partial charge in [-0.3, -0.25) is 4.79 Å². The van der Waals surface area contributed by atoms with Crippen molar-refractivity contribution in [3.8, 4) is 0 Å². The lowest BCUT2D eigenvalue weighted by atomic mass is 9.99. The zero-order valence-corrected chi connectivity index (χ0v) is 12.9. The summed E-state index contributed by atoms with van der Waals surface area (Å²) in [6.45, 7) is 5.69. The predicted molar refractivity (Wildman–Crippen MR) is 80.5 cm³/mol. The summed E-state index contributed by atoms with van der Waals surface area (Å²) in [5.41, 5.74) is 3.84. The predicted octanol–water partition coefficient (Wildman–Crippen LogP) is 3.12. The maximum Gasteiger partial charge on any atom is 0.310 e. The molecule has 1 aromatic heterocycles. The van der Waals surface area contributed by atoms with Crippen molar-refractivity contribution in [1.29, 1.82) is 0 Å². The molecule has 2 rings (SSSR count). The fourth-order valence-corrected chi connectivity index (χ4v) is 2.75. The van der Waals surface area contributed by atoms with Gasteiger partial charge in [-0.1, -0.05) is 12.1 Å². The van der Waals surface area contributed by atoms with Crippen molar-refractivity contribution in [3.05, 3.63) is 45.2 Å². The van der Waals surface area contributed by atoms with E-state index in [0.29, 0.717) is 0 Å². The van der Waals surface area contributed by atoms with Gasteiger partial charge >= 0.3 is 5.97 Å². The Morgan fingerprint density at radius 3 is 2.60 bits per heavy atom. The van der Waals surface area contributed by atoms with E-state index < -0.39 is 11.9 Å². The normalized spacial score (nSPS) is 13.5. The summed E-state index contributed by atoms with van der Waals surface area (Å²) >= 11 is 1.60. The van der Waals surface area contributed by atoms with E-state index in [0.717, 1.165) is 21.6 Å². The monoisotopic (exact) mass is 290 g/mol. The van der Waals surface area contributed by atoms with Crippen LogP contribution in [0.5, 0.6) is 0 Å². The molecule has 0 saturated heterocycles. The number of aromatic nitrogens is 1. The first-order chi connectivity index (χ1) is 9.40. The maximum atomic E-state index is 11.0. The summed E-state index contributed by atoms with van der Waals surface area (Å²) in [5, 5.41) is 11.1. The van der Waals surface area contributed by atoms with E-state index in [2.05, 4.69) is 10.4 Å². The number of aliphatic carboxylic acids is 1. The molecule has 1 aromatic carbocycles. The van der Waals surface area contributed by atoms with E-state index >= 15 is 0 Å². The number of hydrogen-bond donors (Lipinski definition) is 1. The van der Waals surface area contributed by atoms with Gasteiger partial charge in [-0.25, -0.2) is 4.99 Å². The maximum absolute atomic E-state index is 11.0. The van der Waals surface area contributed by atoms with Gasteiger partial charge in [0.1, 0.15) is 0 Å². The highest BCUT2D eigenvalue weighted by atomic mass is 32.1. The van der Waals surface area contributed by atoms with Crippen LogP contribution in [0.25, 0.3) is 0 Å². The summed E-state index contributed by atoms with van der Waals surface area (Å²) in [5.74, 6) is -1.31. The van der Waals surface area contributed by atoms with Crippen LogP contribution in [0.15, 0.2) is 28.6 Å². The van der Waals surface area contributed by atoms with Crippen LogP contribution in [-0.2, 0) is 11.8 Å². The van der Waals surface area contributed by atoms with E-state index in [9.17, 15) is 4.79 Å². The van der Waals surface area contributed by atoms with Gasteiger partial charge in [0.05, 0.1) is 11.6 Å². The third kappa shape index (κ3) is 2.82. The van der Waals surface area contributed by atoms with Crippen molar-refractivity contribution in [2.24, 2.45) is 12.0 Å². The van der Waals surface area contributed by atoms with E-state index in [-0.39, 0.29) is 0 Å². The van der Waals surface area contributed by atoms with Crippen LogP contribution in [0, 0.1) is 13.8 Å². The van der Waals surface area contributed by atoms with Gasteiger partial charge < -0.3 is 9.67 Å². The molecule has 0 aliphatic carbocycles. The lowest BCUT2D eigenvalue weighted by Crippen LogP contribution is -2.11. The highest BCUT2D eigenvalue weighted by Gasteiger charge is 2.14. The number of benzene rings is 1. The van der Waals surface area contributed by atoms with E-state index in [4.69, 9.17) is 5.11 Å². The Hall–Kier alpha value is -1.88. The van der Waals surface area contributed by atoms with E-state index in [1.807, 2.05) is 43.7 Å². The minimum atomic E-state index is -0.811. The molecule has 1 atom stereocenters. The molecule has 2 aromatic rings. The van der Waals surface area contributed by atoms with Crippen molar-refractivity contribution in [3.63, 3.8) is 0 Å². The quantitative estimate of drug-likeness (QED) is 0.944. The Labute approximate surface area is 122 Å². The van der Waals surface area contributed by atoms with Gasteiger partial charge in [-0.05, 0) is 38.0 Å². The molecule has 0 aliphatic heterocycles. The second kappa shape index (κ2) is 5.63. The number of aryl methyl sites for hydroxylation is 2. The number of carboxylic acid groups (broad SMARTS) is 1. The molecule has 0 radical (unpaired) electrons. The Morgan fingerprint density at radius 2 is 2.10 bits per heavy atom. The highest BCUT2D eigenvalue weighted by molar-refractivity contribution is 7.07. The molecule has 1 unspecified atom stereocenters. The zero-order valence-electron chi connectivity index (χ0n) is 12.0. The zero-order chi connectivity index (χ0) is 14.9. The molecule has 0 bridgehead atoms. The molecule has 0 fully saturated rings. The van der Waals surface area contributed by atoms with Crippen molar-refractivity contribution in [2.75, 3.05) is 0 Å². The smallest absolute Gasteiger partial charge is 0.310 e. The summed E-state index contributed by atoms with van der Waals surface area (Å²) in [4.78, 5) is 16.6. The highest BCUT2D eigenvalue weighted by Crippen LogP contribution is 2.24. The molecule has 1 heterocycles. The Morgan fingerprint density at radius 1 is 1.40 bits per heavy atom. The minimum Gasteiger partial charge on any atom is -0.481 e. The fourth-order valence-electron chi connectivity index (χ4n) is 1.87. The molecule has 4 nitrogen and oxygen atoms in total. The van der Waals surface area contributed by atoms with Crippen LogP contribution in [-0.4, -0.2) is 15.6 Å². The Balaban J connectivity index is 2.43. The van der Waals surface area contributed by atoms with Crippen LogP contribution in [0.2, 0.25) is 0 Å². The van der Waals surface area contributed by atoms with Gasteiger partial charge in [0.25, 0.3) is 0 Å². The van der Waals surface area contributed by atoms with Crippen molar-refractivity contribution in [2.45, 2.75) is 26.7 Å². The average molecular weight is 290 g/mol. The molecule has 5 heteroatoms. The lowest BCUT2D eigenvalue weighted by molar-refractivity contribution is -0.138. The Bertz CT molecular complexity index is 713. The number of thiazole rings is 1. The summed E-state index contributed by atoms with van der Waals surface area (Å²) in [6, 6.07) is 5.63. The fraction of sp³-hybridized carbons (Fsp3) is 0.333. The standard InChI is InChI=1S/C15H18N2O2S/c1-9-7-12(11(3)14(18)19)5-6-13(9)16-15-17(4)10(2)8-20-15/h5-8,11H,1-4H3,(H,18,19). The van der Waals surface area contributed by atoms with Gasteiger partial charge in [0, 0.05) is 18.1 Å². The summed E-state index contributed by atoms with van der Waals surface area (Å²) in [7, 11) is 1.99. The molecule has 106 valence electrons. The van der Waals surface area contributed by atoms with Crippen molar-refractivity contribution in [1.82, 2.24) is 4.57 Å². The minimum absolute atomic E-state index is 0.497. The van der Waals surface area contributed by atoms with Crippen LogP contribution in [0.3, 0.4) is 0 Å². The number of carbonyl (C=O) groups is 1. The molecule has 1 N–H and O–H groups in total. The number of carboxylic acids is 1. The number of hydrogen-bond acceptors (Lipinski definition) is 3. The SMILES string of the molecule is Cc1cc(C(C)C(=O)O)ccc1N=c1scc(C)n1C. The average Bonchev–Trinajstić information content (AvgIpc) is 2.72. The van der Waals surface area contributed by atoms with Gasteiger partial charge in [0.2, 0.25) is 0 Å². The lowest BCUT2D eigenvalue weighted by Gasteiger charge is -2.08. The van der Waals surface area contributed by atoms with E-state index in [1.165, 1.54) is 5.69 Å². The second-order valence-electron chi connectivity index (χ2n) is 4.94. The van der Waals surface area contributed by atoms with Crippen LogP contribution >= 0.6 is 11.3 Å². The number of rotatable bonds is 3. The molecule has 0 spiro atoms. The molecule has 0 aliphatic rings. The van der Waals surface area contributed by atoms with Crippen molar-refractivity contribution < 1.29 is 9.90 Å². The molecular formula is C15H18N2O2S. The largest absolute Gasteiger partial charge is 0.481 e. The summed E-state index contributed by atoms with van der Waals surface area (Å²) < 4.78 is 2.04. The molecule has 0 amide bonds. The summed E-state index contributed by atoms with van der Waals surface area (Å²) in [6.07, 6.45) is 0. The van der Waals surface area contributed by atoms with Crippen LogP contribution < -0.4 is 4.80 Å². The first-order valence-electron chi connectivity index (χ1n) is 6.39. The first-order valence-corrected chi connectivity index (χ1v) is 7.27. The van der Waals surface area contributed by atoms with Crippen molar-refractivity contribution >= 4 is 23.0 Å². The van der Waals surface area contributed by atoms with Gasteiger partial charge in [-0.2, -0.15) is 0 Å². The van der Waals surface area contributed by atoms with Gasteiger partial charge in [0.15, 0.2) is 4.80 Å². The molecule has 0 saturated carbocycles. The van der Waals surface area contributed by atoms with Crippen LogP contribution in [0.1, 0.15) is 29.7 Å². The van der Waals surface area contributed by atoms with E-state index in [1.54, 1.807) is 18.3 Å². The van der Waals surface area contributed by atoms with Gasteiger partial charge in [-0.15, -0.1) is 11.3 Å². The Kier molecular flexibility index (Phi) is 4.09. The topological polar surface area (TPSA) is 54.6 Å². The molecular weight excluding hydrogens is 272 g/mol. The molecule has 20 heavy (non-hydrogen) atoms. The third-order valence-electron chi connectivity index (χ3n) is 3.46. The third-order valence-corrected chi connectivity index (χ3v) is 4.49. The first kappa shape index (κ1) is 14.5. The van der Waals surface area contributed by atoms with Crippen LogP contribution in [0.4, 0.5) is 5.69 Å². The number of nitrogens with zero attached hydrogens (tertiary/aromatic N) is 2.